The molecule has 152 valence electrons. The fraction of sp³-hybridized carbons (Fsp3) is 0.292. The topological polar surface area (TPSA) is 75.7 Å². The number of anilines is 2. The van der Waals surface area contributed by atoms with Crippen molar-refractivity contribution in [3.63, 3.8) is 0 Å². The van der Waals surface area contributed by atoms with Gasteiger partial charge in [-0.05, 0) is 55.5 Å². The van der Waals surface area contributed by atoms with E-state index in [2.05, 4.69) is 11.4 Å². The number of nitrogens with zero attached hydrogens (tertiary/aromatic N) is 1. The second-order valence-electron chi connectivity index (χ2n) is 8.22. The molecule has 2 aromatic carbocycles. The van der Waals surface area contributed by atoms with E-state index in [1.54, 1.807) is 55.6 Å². The summed E-state index contributed by atoms with van der Waals surface area (Å²) in [6.07, 6.45) is 3.05. The second-order valence-corrected chi connectivity index (χ2v) is 8.22. The van der Waals surface area contributed by atoms with Gasteiger partial charge < -0.3 is 10.1 Å². The minimum absolute atomic E-state index is 0.143. The van der Waals surface area contributed by atoms with Gasteiger partial charge in [0.25, 0.3) is 5.91 Å². The maximum Gasteiger partial charge on any atom is 0.255 e. The van der Waals surface area contributed by atoms with Crippen molar-refractivity contribution in [2.45, 2.75) is 13.3 Å². The molecule has 30 heavy (non-hydrogen) atoms. The van der Waals surface area contributed by atoms with Crippen molar-refractivity contribution in [3.05, 3.63) is 65.7 Å². The molecule has 5 rings (SSSR count). The molecule has 1 aliphatic heterocycles. The predicted octanol–water partition coefficient (Wildman–Crippen LogP) is 3.65. The highest BCUT2D eigenvalue weighted by Gasteiger charge is 2.60. The third-order valence-electron chi connectivity index (χ3n) is 6.57. The Bertz CT molecular complexity index is 1110. The van der Waals surface area contributed by atoms with Gasteiger partial charge in [-0.3, -0.25) is 14.4 Å². The van der Waals surface area contributed by atoms with Crippen molar-refractivity contribution in [2.24, 2.45) is 23.7 Å². The summed E-state index contributed by atoms with van der Waals surface area (Å²) in [6.45, 7) is 2.05. The zero-order chi connectivity index (χ0) is 21.0. The van der Waals surface area contributed by atoms with Gasteiger partial charge in [-0.1, -0.05) is 23.8 Å². The van der Waals surface area contributed by atoms with Gasteiger partial charge in [-0.25, -0.2) is 4.90 Å². The molecule has 0 unspecified atom stereocenters. The molecule has 3 aliphatic rings. The van der Waals surface area contributed by atoms with Crippen LogP contribution in [0.4, 0.5) is 11.4 Å². The zero-order valence-corrected chi connectivity index (χ0v) is 16.8. The average molecular weight is 402 g/mol. The van der Waals surface area contributed by atoms with E-state index in [0.29, 0.717) is 22.7 Å². The van der Waals surface area contributed by atoms with Crippen molar-refractivity contribution >= 4 is 29.1 Å². The van der Waals surface area contributed by atoms with Crippen LogP contribution in [0.1, 0.15) is 23.7 Å². The summed E-state index contributed by atoms with van der Waals surface area (Å²) < 4.78 is 5.18. The van der Waals surface area contributed by atoms with E-state index in [-0.39, 0.29) is 41.4 Å². The second kappa shape index (κ2) is 6.83. The number of nitrogens with one attached hydrogen (secondary N) is 1. The largest absolute Gasteiger partial charge is 0.497 e. The summed E-state index contributed by atoms with van der Waals surface area (Å²) in [7, 11) is 1.56. The van der Waals surface area contributed by atoms with Crippen LogP contribution in [-0.4, -0.2) is 24.8 Å². The molecular weight excluding hydrogens is 380 g/mol. The third-order valence-corrected chi connectivity index (χ3v) is 6.57. The summed E-state index contributed by atoms with van der Waals surface area (Å²) in [4.78, 5) is 40.3. The molecule has 4 atom stereocenters. The van der Waals surface area contributed by atoms with Gasteiger partial charge >= 0.3 is 0 Å². The minimum Gasteiger partial charge on any atom is -0.497 e. The van der Waals surface area contributed by atoms with Crippen LogP contribution in [0, 0.1) is 23.7 Å². The summed E-state index contributed by atoms with van der Waals surface area (Å²) in [6, 6.07) is 13.8. The van der Waals surface area contributed by atoms with E-state index in [4.69, 9.17) is 4.74 Å². The first-order chi connectivity index (χ1) is 14.5. The van der Waals surface area contributed by atoms with Gasteiger partial charge in [0.2, 0.25) is 11.8 Å². The normalized spacial score (nSPS) is 26.6. The lowest BCUT2D eigenvalue weighted by Gasteiger charge is -2.19. The van der Waals surface area contributed by atoms with E-state index in [0.717, 1.165) is 6.42 Å². The highest BCUT2D eigenvalue weighted by molar-refractivity contribution is 6.23. The Hall–Kier alpha value is -3.41. The molecule has 2 bridgehead atoms. The number of amides is 3. The SMILES string of the molecule is COc1cccc(NC(=O)c2cccc(N3C(=O)[C@@H]4[C@H](C3=O)[C@@H]3C=C(C)[C@H]4C3)c2)c1. The number of hydrogen-bond donors (Lipinski definition) is 1. The van der Waals surface area contributed by atoms with Crippen LogP contribution < -0.4 is 15.0 Å². The quantitative estimate of drug-likeness (QED) is 0.626. The number of rotatable bonds is 4. The van der Waals surface area contributed by atoms with Crippen LogP contribution in [-0.2, 0) is 9.59 Å². The van der Waals surface area contributed by atoms with Gasteiger partial charge in [0.15, 0.2) is 0 Å². The maximum absolute atomic E-state index is 13.1. The summed E-state index contributed by atoms with van der Waals surface area (Å²) in [5.41, 5.74) is 2.65. The first kappa shape index (κ1) is 18.6. The molecule has 3 amide bonds. The number of benzene rings is 2. The van der Waals surface area contributed by atoms with Gasteiger partial charge in [0, 0.05) is 17.3 Å². The molecule has 6 nitrogen and oxygen atoms in total. The Morgan fingerprint density at radius 1 is 1.07 bits per heavy atom. The number of fused-ring (bicyclic) bond motifs is 5. The van der Waals surface area contributed by atoms with Crippen LogP contribution in [0.2, 0.25) is 0 Å². The number of imide groups is 1. The number of allylic oxidation sites excluding steroid dienone is 2. The summed E-state index contributed by atoms with van der Waals surface area (Å²) in [5.74, 6) is -0.173. The Morgan fingerprint density at radius 2 is 1.83 bits per heavy atom. The molecule has 0 radical (unpaired) electrons. The lowest BCUT2D eigenvalue weighted by atomic mass is 9.82. The molecule has 1 saturated heterocycles. The molecule has 1 saturated carbocycles. The van der Waals surface area contributed by atoms with Crippen molar-refractivity contribution < 1.29 is 19.1 Å². The van der Waals surface area contributed by atoms with Crippen LogP contribution in [0.5, 0.6) is 5.75 Å². The van der Waals surface area contributed by atoms with Crippen LogP contribution in [0.15, 0.2) is 60.2 Å². The molecule has 1 N–H and O–H groups in total. The van der Waals surface area contributed by atoms with Crippen LogP contribution in [0.25, 0.3) is 0 Å². The Labute approximate surface area is 174 Å². The van der Waals surface area contributed by atoms with Crippen molar-refractivity contribution in [1.82, 2.24) is 0 Å². The first-order valence-corrected chi connectivity index (χ1v) is 10.1. The van der Waals surface area contributed by atoms with Gasteiger partial charge in [-0.15, -0.1) is 0 Å². The molecule has 2 fully saturated rings. The monoisotopic (exact) mass is 402 g/mol. The minimum atomic E-state index is -0.318. The summed E-state index contributed by atoms with van der Waals surface area (Å²) in [5, 5.41) is 2.83. The lowest BCUT2D eigenvalue weighted by Crippen LogP contribution is -2.33. The van der Waals surface area contributed by atoms with Crippen molar-refractivity contribution in [1.29, 1.82) is 0 Å². The average Bonchev–Trinajstić information content (AvgIpc) is 3.38. The number of carbonyl (C=O) groups excluding carboxylic acids is 3. The standard InChI is InChI=1S/C24H22N2O4/c1-13-9-15-11-19(13)21-20(15)23(28)26(24(21)29)17-7-3-5-14(10-17)22(27)25-16-6-4-8-18(12-16)30-2/h3-10,12,15,19-21H,11H2,1-2H3,(H,25,27)/t15-,19-,20-,21+/m1/s1. The molecule has 0 spiro atoms. The first-order valence-electron chi connectivity index (χ1n) is 10.1. The Morgan fingerprint density at radius 3 is 2.63 bits per heavy atom. The van der Waals surface area contributed by atoms with Crippen LogP contribution >= 0.6 is 0 Å². The maximum atomic E-state index is 13.1. The number of hydrogen-bond acceptors (Lipinski definition) is 4. The fourth-order valence-electron chi connectivity index (χ4n) is 5.22. The number of ether oxygens (including phenoxy) is 1. The Balaban J connectivity index is 1.40. The highest BCUT2D eigenvalue weighted by atomic mass is 16.5. The van der Waals surface area contributed by atoms with Gasteiger partial charge in [0.05, 0.1) is 24.6 Å². The molecule has 2 aliphatic carbocycles. The summed E-state index contributed by atoms with van der Waals surface area (Å²) >= 11 is 0. The van der Waals surface area contributed by atoms with E-state index >= 15 is 0 Å². The van der Waals surface area contributed by atoms with Gasteiger partial charge in [0.1, 0.15) is 5.75 Å². The third kappa shape index (κ3) is 2.75. The van der Waals surface area contributed by atoms with E-state index in [9.17, 15) is 14.4 Å². The zero-order valence-electron chi connectivity index (χ0n) is 16.8. The number of carbonyl (C=O) groups is 3. The van der Waals surface area contributed by atoms with Gasteiger partial charge in [-0.2, -0.15) is 0 Å². The molecule has 2 aromatic rings. The van der Waals surface area contributed by atoms with Crippen molar-refractivity contribution in [2.75, 3.05) is 17.3 Å². The van der Waals surface area contributed by atoms with E-state index in [1.807, 2.05) is 6.92 Å². The molecular formula is C24H22N2O4. The highest BCUT2D eigenvalue weighted by Crippen LogP contribution is 2.55. The van der Waals surface area contributed by atoms with E-state index < -0.39 is 0 Å². The predicted molar refractivity (Wildman–Crippen MR) is 112 cm³/mol. The molecule has 6 heteroatoms. The van der Waals surface area contributed by atoms with E-state index in [1.165, 1.54) is 10.5 Å². The smallest absolute Gasteiger partial charge is 0.255 e. The fourth-order valence-corrected chi connectivity index (χ4v) is 5.22. The van der Waals surface area contributed by atoms with Crippen LogP contribution in [0.3, 0.4) is 0 Å². The number of methoxy groups -OCH3 is 1. The Kier molecular flexibility index (Phi) is 4.24. The molecule has 1 heterocycles. The molecule has 0 aromatic heterocycles. The lowest BCUT2D eigenvalue weighted by molar-refractivity contribution is -0.123. The van der Waals surface area contributed by atoms with Crippen molar-refractivity contribution in [3.8, 4) is 5.75 Å².